The number of rotatable bonds is 13. The van der Waals surface area contributed by atoms with E-state index in [9.17, 15) is 14.7 Å². The van der Waals surface area contributed by atoms with Crippen molar-refractivity contribution >= 4 is 11.9 Å². The molecule has 0 saturated heterocycles. The van der Waals surface area contributed by atoms with E-state index in [0.29, 0.717) is 13.0 Å². The molecule has 0 spiro atoms. The summed E-state index contributed by atoms with van der Waals surface area (Å²) in [6, 6.07) is 9.69. The van der Waals surface area contributed by atoms with Gasteiger partial charge in [-0.3, -0.25) is 4.79 Å². The minimum Gasteiger partial charge on any atom is -0.550 e. The number of ether oxygens (including phenoxy) is 1. The number of carbonyl (C=O) groups is 2. The second-order valence-electron chi connectivity index (χ2n) is 5.85. The molecular formula is C19H27O4-. The van der Waals surface area contributed by atoms with Gasteiger partial charge >= 0.3 is 5.97 Å². The molecule has 0 atom stereocenters. The van der Waals surface area contributed by atoms with Crippen LogP contribution >= 0.6 is 0 Å². The van der Waals surface area contributed by atoms with Gasteiger partial charge in [-0.1, -0.05) is 68.9 Å². The van der Waals surface area contributed by atoms with Crippen molar-refractivity contribution in [1.82, 2.24) is 0 Å². The van der Waals surface area contributed by atoms with Crippen LogP contribution in [-0.2, 0) is 20.9 Å². The molecule has 0 radical (unpaired) electrons. The van der Waals surface area contributed by atoms with Gasteiger partial charge in [-0.25, -0.2) is 0 Å². The van der Waals surface area contributed by atoms with Crippen LogP contribution < -0.4 is 5.11 Å². The first-order valence-electron chi connectivity index (χ1n) is 8.58. The quantitative estimate of drug-likeness (QED) is 0.413. The lowest BCUT2D eigenvalue weighted by Gasteiger charge is -2.05. The van der Waals surface area contributed by atoms with E-state index in [0.717, 1.165) is 56.9 Å². The van der Waals surface area contributed by atoms with Gasteiger partial charge in [0.1, 0.15) is 6.61 Å². The molecular weight excluding hydrogens is 292 g/mol. The van der Waals surface area contributed by atoms with Gasteiger partial charge in [0, 0.05) is 12.4 Å². The summed E-state index contributed by atoms with van der Waals surface area (Å²) in [6.45, 7) is 0.353. The van der Waals surface area contributed by atoms with Gasteiger partial charge in [-0.05, 0) is 24.8 Å². The third kappa shape index (κ3) is 11.4. The predicted octanol–water partition coefficient (Wildman–Crippen LogP) is 3.38. The molecule has 0 unspecified atom stereocenters. The highest BCUT2D eigenvalue weighted by molar-refractivity contribution is 5.69. The summed E-state index contributed by atoms with van der Waals surface area (Å²) in [5.74, 6) is -1.08. The molecule has 4 nitrogen and oxygen atoms in total. The summed E-state index contributed by atoms with van der Waals surface area (Å²) in [6.07, 6.45) is 8.71. The fourth-order valence-corrected chi connectivity index (χ4v) is 2.41. The highest BCUT2D eigenvalue weighted by atomic mass is 16.5. The topological polar surface area (TPSA) is 66.4 Å². The second-order valence-corrected chi connectivity index (χ2v) is 5.85. The van der Waals surface area contributed by atoms with Gasteiger partial charge in [0.15, 0.2) is 0 Å². The van der Waals surface area contributed by atoms with Crippen LogP contribution in [0.2, 0.25) is 0 Å². The maximum Gasteiger partial charge on any atom is 0.306 e. The molecule has 23 heavy (non-hydrogen) atoms. The van der Waals surface area contributed by atoms with E-state index in [1.54, 1.807) is 0 Å². The van der Waals surface area contributed by atoms with Crippen molar-refractivity contribution in [2.75, 3.05) is 0 Å². The largest absolute Gasteiger partial charge is 0.550 e. The molecule has 4 heteroatoms. The van der Waals surface area contributed by atoms with Gasteiger partial charge < -0.3 is 14.6 Å². The molecule has 0 heterocycles. The first-order valence-corrected chi connectivity index (χ1v) is 8.58. The molecule has 1 aromatic rings. The molecule has 128 valence electrons. The first kappa shape index (κ1) is 19.2. The molecule has 1 rings (SSSR count). The zero-order valence-corrected chi connectivity index (χ0v) is 13.8. The van der Waals surface area contributed by atoms with Crippen molar-refractivity contribution in [2.24, 2.45) is 0 Å². The zero-order valence-electron chi connectivity index (χ0n) is 13.8. The first-order chi connectivity index (χ1) is 11.2. The van der Waals surface area contributed by atoms with E-state index < -0.39 is 5.97 Å². The van der Waals surface area contributed by atoms with E-state index in [1.807, 2.05) is 30.3 Å². The van der Waals surface area contributed by atoms with Crippen LogP contribution in [0, 0.1) is 0 Å². The minimum absolute atomic E-state index is 0.129. The molecule has 0 N–H and O–H groups in total. The summed E-state index contributed by atoms with van der Waals surface area (Å²) in [5.41, 5.74) is 1.01. The monoisotopic (exact) mass is 319 g/mol. The van der Waals surface area contributed by atoms with Crippen molar-refractivity contribution in [1.29, 1.82) is 0 Å². The van der Waals surface area contributed by atoms with E-state index >= 15 is 0 Å². The van der Waals surface area contributed by atoms with Crippen LogP contribution in [0.1, 0.15) is 69.8 Å². The lowest BCUT2D eigenvalue weighted by Crippen LogP contribution is -2.21. The van der Waals surface area contributed by atoms with Gasteiger partial charge in [-0.2, -0.15) is 0 Å². The summed E-state index contributed by atoms with van der Waals surface area (Å²) in [4.78, 5) is 21.8. The summed E-state index contributed by atoms with van der Waals surface area (Å²) < 4.78 is 5.23. The Hall–Kier alpha value is -1.84. The van der Waals surface area contributed by atoms with Gasteiger partial charge in [0.2, 0.25) is 0 Å². The molecule has 0 saturated carbocycles. The Morgan fingerprint density at radius 3 is 1.87 bits per heavy atom. The SMILES string of the molecule is O=C([O-])CCCCCCCCCCC(=O)OCc1ccccc1. The number of hydrogen-bond donors (Lipinski definition) is 0. The summed E-state index contributed by atoms with van der Waals surface area (Å²) >= 11 is 0. The van der Waals surface area contributed by atoms with Crippen LogP contribution in [0.3, 0.4) is 0 Å². The van der Waals surface area contributed by atoms with Gasteiger partial charge in [-0.15, -0.1) is 0 Å². The van der Waals surface area contributed by atoms with Gasteiger partial charge in [0.25, 0.3) is 0 Å². The molecule has 0 fully saturated rings. The van der Waals surface area contributed by atoms with E-state index in [1.165, 1.54) is 0 Å². The van der Waals surface area contributed by atoms with Crippen molar-refractivity contribution in [3.63, 3.8) is 0 Å². The van der Waals surface area contributed by atoms with Crippen LogP contribution in [0.5, 0.6) is 0 Å². The van der Waals surface area contributed by atoms with Crippen LogP contribution in [0.25, 0.3) is 0 Å². The molecule has 1 aromatic carbocycles. The molecule has 0 aliphatic rings. The second kappa shape index (κ2) is 12.7. The van der Waals surface area contributed by atoms with E-state index in [2.05, 4.69) is 0 Å². The Balaban J connectivity index is 1.87. The lowest BCUT2D eigenvalue weighted by atomic mass is 10.1. The fourth-order valence-electron chi connectivity index (χ4n) is 2.41. The Kier molecular flexibility index (Phi) is 10.6. The number of hydrogen-bond acceptors (Lipinski definition) is 4. The van der Waals surface area contributed by atoms with Crippen molar-refractivity contribution in [3.8, 4) is 0 Å². The van der Waals surface area contributed by atoms with Crippen molar-refractivity contribution in [3.05, 3.63) is 35.9 Å². The number of esters is 1. The maximum absolute atomic E-state index is 11.6. The standard InChI is InChI=1S/C19H28O4/c20-18(21)14-10-5-3-1-2-4-6-11-15-19(22)23-16-17-12-8-7-9-13-17/h7-9,12-13H,1-6,10-11,14-16H2,(H,20,21)/p-1. The Morgan fingerprint density at radius 1 is 0.783 bits per heavy atom. The Morgan fingerprint density at radius 2 is 1.30 bits per heavy atom. The van der Waals surface area contributed by atoms with Crippen LogP contribution in [0.4, 0.5) is 0 Å². The number of aliphatic carboxylic acids is 1. The van der Waals surface area contributed by atoms with Crippen molar-refractivity contribution < 1.29 is 19.4 Å². The molecule has 0 amide bonds. The fraction of sp³-hybridized carbons (Fsp3) is 0.579. The zero-order chi connectivity index (χ0) is 16.8. The minimum atomic E-state index is -0.954. The maximum atomic E-state index is 11.6. The Labute approximate surface area is 138 Å². The molecule has 0 aromatic heterocycles. The smallest absolute Gasteiger partial charge is 0.306 e. The van der Waals surface area contributed by atoms with E-state index in [4.69, 9.17) is 4.74 Å². The molecule has 0 bridgehead atoms. The third-order valence-electron chi connectivity index (χ3n) is 3.75. The van der Waals surface area contributed by atoms with Crippen LogP contribution in [0.15, 0.2) is 30.3 Å². The Bertz CT molecular complexity index is 442. The molecule has 0 aliphatic carbocycles. The number of carboxylic acid groups (broad SMARTS) is 1. The number of unbranched alkanes of at least 4 members (excludes halogenated alkanes) is 7. The summed E-state index contributed by atoms with van der Waals surface area (Å²) in [5, 5.41) is 10.2. The van der Waals surface area contributed by atoms with Gasteiger partial charge in [0.05, 0.1) is 0 Å². The average molecular weight is 319 g/mol. The third-order valence-corrected chi connectivity index (χ3v) is 3.75. The van der Waals surface area contributed by atoms with Crippen LogP contribution in [-0.4, -0.2) is 11.9 Å². The number of carboxylic acids is 1. The van der Waals surface area contributed by atoms with Crippen molar-refractivity contribution in [2.45, 2.75) is 70.8 Å². The number of carbonyl (C=O) groups excluding carboxylic acids is 2. The normalized spacial score (nSPS) is 10.4. The molecule has 0 aliphatic heterocycles. The number of benzene rings is 1. The summed E-state index contributed by atoms with van der Waals surface area (Å²) in [7, 11) is 0. The highest BCUT2D eigenvalue weighted by Crippen LogP contribution is 2.11. The van der Waals surface area contributed by atoms with E-state index in [-0.39, 0.29) is 12.4 Å². The average Bonchev–Trinajstić information content (AvgIpc) is 2.55. The predicted molar refractivity (Wildman–Crippen MR) is 87.4 cm³/mol. The lowest BCUT2D eigenvalue weighted by molar-refractivity contribution is -0.305. The highest BCUT2D eigenvalue weighted by Gasteiger charge is 2.03.